The first-order valence-corrected chi connectivity index (χ1v) is 9.69. The molecule has 0 saturated heterocycles. The van der Waals surface area contributed by atoms with Crippen LogP contribution in [0.25, 0.3) is 0 Å². The molecule has 0 radical (unpaired) electrons. The SMILES string of the molecule is CC(C)Cc1nnc(NC(=O)C(C)S(=O)(=O)c2ccc(F)cc2)s1. The van der Waals surface area contributed by atoms with E-state index in [2.05, 4.69) is 15.5 Å². The molecular formula is C15H18FN3O3S2. The summed E-state index contributed by atoms with van der Waals surface area (Å²) in [6.07, 6.45) is 0.733. The van der Waals surface area contributed by atoms with E-state index in [1.807, 2.05) is 13.8 Å². The summed E-state index contributed by atoms with van der Waals surface area (Å²) in [6.45, 7) is 5.36. The van der Waals surface area contributed by atoms with E-state index in [1.165, 1.54) is 18.3 Å². The number of carbonyl (C=O) groups excluding carboxylic acids is 1. The number of nitrogens with zero attached hydrogens (tertiary/aromatic N) is 2. The Morgan fingerprint density at radius 3 is 2.42 bits per heavy atom. The fourth-order valence-corrected chi connectivity index (χ4v) is 4.13. The van der Waals surface area contributed by atoms with Gasteiger partial charge >= 0.3 is 0 Å². The number of halogens is 1. The van der Waals surface area contributed by atoms with Crippen molar-refractivity contribution < 1.29 is 17.6 Å². The Balaban J connectivity index is 2.11. The van der Waals surface area contributed by atoms with Crippen LogP contribution in [0.4, 0.5) is 9.52 Å². The van der Waals surface area contributed by atoms with Crippen molar-refractivity contribution in [2.75, 3.05) is 5.32 Å². The third-order valence-corrected chi connectivity index (χ3v) is 6.19. The second kappa shape index (κ2) is 7.35. The highest BCUT2D eigenvalue weighted by Crippen LogP contribution is 2.21. The van der Waals surface area contributed by atoms with Gasteiger partial charge in [0.1, 0.15) is 16.1 Å². The highest BCUT2D eigenvalue weighted by molar-refractivity contribution is 7.92. The Kier molecular flexibility index (Phi) is 5.66. The van der Waals surface area contributed by atoms with E-state index in [0.29, 0.717) is 5.92 Å². The molecule has 1 aromatic carbocycles. The van der Waals surface area contributed by atoms with E-state index in [0.717, 1.165) is 35.7 Å². The van der Waals surface area contributed by atoms with Gasteiger partial charge in [-0.1, -0.05) is 25.2 Å². The Labute approximate surface area is 144 Å². The summed E-state index contributed by atoms with van der Waals surface area (Å²) < 4.78 is 37.7. The summed E-state index contributed by atoms with van der Waals surface area (Å²) in [6, 6.07) is 4.36. The number of sulfone groups is 1. The van der Waals surface area contributed by atoms with Crippen molar-refractivity contribution in [3.63, 3.8) is 0 Å². The standard InChI is InChI=1S/C15H18FN3O3S2/c1-9(2)8-13-18-19-15(23-13)17-14(20)10(3)24(21,22)12-6-4-11(16)5-7-12/h4-7,9-10H,8H2,1-3H3,(H,17,19,20). The van der Waals surface area contributed by atoms with Gasteiger partial charge in [0, 0.05) is 6.42 Å². The predicted molar refractivity (Wildman–Crippen MR) is 90.1 cm³/mol. The Hall–Kier alpha value is -1.87. The second-order valence-corrected chi connectivity index (χ2v) is 9.06. The van der Waals surface area contributed by atoms with Gasteiger partial charge in [0.05, 0.1) is 4.90 Å². The first-order valence-electron chi connectivity index (χ1n) is 7.33. The Morgan fingerprint density at radius 1 is 1.21 bits per heavy atom. The molecule has 0 spiro atoms. The lowest BCUT2D eigenvalue weighted by Gasteiger charge is -2.12. The number of hydrogen-bond donors (Lipinski definition) is 1. The molecule has 1 heterocycles. The lowest BCUT2D eigenvalue weighted by Crippen LogP contribution is -2.32. The average molecular weight is 371 g/mol. The molecule has 0 bridgehead atoms. The summed E-state index contributed by atoms with van der Waals surface area (Å²) in [5.41, 5.74) is 0. The van der Waals surface area contributed by atoms with E-state index in [4.69, 9.17) is 0 Å². The molecule has 0 fully saturated rings. The van der Waals surface area contributed by atoms with Crippen molar-refractivity contribution >= 4 is 32.2 Å². The molecule has 0 aliphatic heterocycles. The molecule has 1 unspecified atom stereocenters. The van der Waals surface area contributed by atoms with Crippen molar-refractivity contribution in [3.05, 3.63) is 35.1 Å². The van der Waals surface area contributed by atoms with Crippen LogP contribution in [0.5, 0.6) is 0 Å². The van der Waals surface area contributed by atoms with Crippen LogP contribution in [-0.2, 0) is 21.1 Å². The lowest BCUT2D eigenvalue weighted by molar-refractivity contribution is -0.115. The van der Waals surface area contributed by atoms with Gasteiger partial charge in [-0.05, 0) is 37.1 Å². The third kappa shape index (κ3) is 4.35. The zero-order chi connectivity index (χ0) is 17.9. The number of nitrogens with one attached hydrogen (secondary N) is 1. The van der Waals surface area contributed by atoms with Crippen LogP contribution in [0.1, 0.15) is 25.8 Å². The minimum atomic E-state index is -3.91. The number of anilines is 1. The molecule has 24 heavy (non-hydrogen) atoms. The van der Waals surface area contributed by atoms with Gasteiger partial charge in [-0.15, -0.1) is 10.2 Å². The number of aromatic nitrogens is 2. The fourth-order valence-electron chi connectivity index (χ4n) is 1.91. The Bertz CT molecular complexity index is 817. The predicted octanol–water partition coefficient (Wildman–Crippen LogP) is 2.68. The van der Waals surface area contributed by atoms with Gasteiger partial charge < -0.3 is 0 Å². The van der Waals surface area contributed by atoms with E-state index in [9.17, 15) is 17.6 Å². The molecule has 9 heteroatoms. The quantitative estimate of drug-likeness (QED) is 0.789. The van der Waals surface area contributed by atoms with Crippen molar-refractivity contribution in [1.29, 1.82) is 0 Å². The molecule has 0 aliphatic rings. The second-order valence-electron chi connectivity index (χ2n) is 5.73. The zero-order valence-corrected chi connectivity index (χ0v) is 15.1. The third-order valence-electron chi connectivity index (χ3n) is 3.26. The molecule has 1 amide bonds. The zero-order valence-electron chi connectivity index (χ0n) is 13.5. The molecule has 1 aromatic heterocycles. The summed E-state index contributed by atoms with van der Waals surface area (Å²) >= 11 is 1.22. The van der Waals surface area contributed by atoms with Crippen molar-refractivity contribution in [2.45, 2.75) is 37.3 Å². The van der Waals surface area contributed by atoms with E-state index < -0.39 is 26.8 Å². The van der Waals surface area contributed by atoms with Crippen molar-refractivity contribution in [2.24, 2.45) is 5.92 Å². The first-order chi connectivity index (χ1) is 11.2. The van der Waals surface area contributed by atoms with Gasteiger partial charge in [-0.25, -0.2) is 12.8 Å². The van der Waals surface area contributed by atoms with E-state index in [-0.39, 0.29) is 10.0 Å². The van der Waals surface area contributed by atoms with Crippen LogP contribution in [0.2, 0.25) is 0 Å². The van der Waals surface area contributed by atoms with Crippen molar-refractivity contribution in [1.82, 2.24) is 10.2 Å². The van der Waals surface area contributed by atoms with Crippen LogP contribution >= 0.6 is 11.3 Å². The topological polar surface area (TPSA) is 89.0 Å². The molecule has 1 N–H and O–H groups in total. The van der Waals surface area contributed by atoms with Crippen molar-refractivity contribution in [3.8, 4) is 0 Å². The molecule has 6 nitrogen and oxygen atoms in total. The van der Waals surface area contributed by atoms with Crippen LogP contribution < -0.4 is 5.32 Å². The van der Waals surface area contributed by atoms with Crippen LogP contribution in [0.15, 0.2) is 29.2 Å². The average Bonchev–Trinajstić information content (AvgIpc) is 2.93. The maximum absolute atomic E-state index is 12.9. The number of rotatable bonds is 6. The van der Waals surface area contributed by atoms with Gasteiger partial charge in [0.15, 0.2) is 9.84 Å². The van der Waals surface area contributed by atoms with Gasteiger partial charge in [-0.3, -0.25) is 10.1 Å². The largest absolute Gasteiger partial charge is 0.299 e. The number of carbonyl (C=O) groups is 1. The minimum Gasteiger partial charge on any atom is -0.299 e. The molecule has 0 aliphatic carbocycles. The van der Waals surface area contributed by atoms with Gasteiger partial charge in [-0.2, -0.15) is 0 Å². The summed E-state index contributed by atoms with van der Waals surface area (Å²) in [4.78, 5) is 12.1. The monoisotopic (exact) mass is 371 g/mol. The maximum atomic E-state index is 12.9. The van der Waals surface area contributed by atoms with Gasteiger partial charge in [0.25, 0.3) is 0 Å². The minimum absolute atomic E-state index is 0.107. The molecule has 2 rings (SSSR count). The van der Waals surface area contributed by atoms with Crippen LogP contribution in [-0.4, -0.2) is 29.8 Å². The molecule has 130 valence electrons. The number of benzene rings is 1. The number of hydrogen-bond acceptors (Lipinski definition) is 6. The highest BCUT2D eigenvalue weighted by atomic mass is 32.2. The molecule has 2 aromatic rings. The molecule has 0 saturated carbocycles. The summed E-state index contributed by atoms with van der Waals surface area (Å²) in [5, 5.41) is 9.99. The van der Waals surface area contributed by atoms with Crippen LogP contribution in [0.3, 0.4) is 0 Å². The first kappa shape index (κ1) is 18.5. The lowest BCUT2D eigenvalue weighted by atomic mass is 10.1. The summed E-state index contributed by atoms with van der Waals surface area (Å²) in [5.74, 6) is -0.844. The normalized spacial score (nSPS) is 13.0. The smallest absolute Gasteiger partial charge is 0.244 e. The van der Waals surface area contributed by atoms with Crippen LogP contribution in [0, 0.1) is 11.7 Å². The Morgan fingerprint density at radius 2 is 1.83 bits per heavy atom. The number of amides is 1. The molecular weight excluding hydrogens is 353 g/mol. The molecule has 1 atom stereocenters. The highest BCUT2D eigenvalue weighted by Gasteiger charge is 2.30. The van der Waals surface area contributed by atoms with E-state index in [1.54, 1.807) is 0 Å². The van der Waals surface area contributed by atoms with E-state index >= 15 is 0 Å². The maximum Gasteiger partial charge on any atom is 0.244 e. The fraction of sp³-hybridized carbons (Fsp3) is 0.400. The van der Waals surface area contributed by atoms with Gasteiger partial charge in [0.2, 0.25) is 11.0 Å². The summed E-state index contributed by atoms with van der Waals surface area (Å²) in [7, 11) is -3.91.